The second-order valence-corrected chi connectivity index (χ2v) is 6.92. The highest BCUT2D eigenvalue weighted by atomic mass is 16.5. The first-order chi connectivity index (χ1) is 13.5. The average molecular weight is 376 g/mol. The van der Waals surface area contributed by atoms with E-state index in [0.717, 1.165) is 17.7 Å². The van der Waals surface area contributed by atoms with Crippen LogP contribution >= 0.6 is 0 Å². The van der Waals surface area contributed by atoms with Crippen molar-refractivity contribution in [1.29, 1.82) is 15.8 Å². The first-order valence-electron chi connectivity index (χ1n) is 8.86. The van der Waals surface area contributed by atoms with Crippen LogP contribution in [0, 0.1) is 51.2 Å². The number of nitrogens with zero attached hydrogens (tertiary/aromatic N) is 3. The summed E-state index contributed by atoms with van der Waals surface area (Å²) < 4.78 is 5.28. The molecule has 3 rings (SSSR count). The molecule has 3 atom stereocenters. The first kappa shape index (κ1) is 19.1. The SMILES string of the molecule is N#C[C@@H]1C(=[NH2+])C(C#N)(C#N)[C@H](c2ccc(OCC(N)=O)cc2)[C@H]2C[NH2+]CC=C12. The number of hydrogen-bond donors (Lipinski definition) is 3. The van der Waals surface area contributed by atoms with Crippen molar-refractivity contribution in [2.24, 2.45) is 23.0 Å². The number of rotatable bonds is 4. The summed E-state index contributed by atoms with van der Waals surface area (Å²) in [6, 6.07) is 13.2. The third-order valence-electron chi connectivity index (χ3n) is 5.44. The zero-order chi connectivity index (χ0) is 20.3. The molecule has 1 heterocycles. The Labute approximate surface area is 162 Å². The standard InChI is InChI=1S/C20H18N6O2/c21-7-15-14-5-6-26-8-16(14)18(20(10-22,11-23)19(15)25)12-1-3-13(4-2-12)28-9-17(24)27/h1-5,15-16,18,25-26H,6,8-9H2,(H2,24,27)/p+2/t15-,16-,18+/m0/s1. The molecule has 1 aliphatic heterocycles. The number of amides is 1. The number of carbonyl (C=O) groups is 1. The number of hydrogen-bond acceptors (Lipinski definition) is 5. The third-order valence-corrected chi connectivity index (χ3v) is 5.44. The van der Waals surface area contributed by atoms with Crippen LogP contribution in [0.25, 0.3) is 0 Å². The topological polar surface area (TPSA) is 166 Å². The Morgan fingerprint density at radius 3 is 2.54 bits per heavy atom. The smallest absolute Gasteiger partial charge is 0.255 e. The maximum absolute atomic E-state index is 10.9. The number of benzene rings is 1. The summed E-state index contributed by atoms with van der Waals surface area (Å²) in [5.41, 5.74) is 5.19. The third kappa shape index (κ3) is 2.99. The number of quaternary nitrogens is 1. The molecular weight excluding hydrogens is 356 g/mol. The monoisotopic (exact) mass is 376 g/mol. The molecule has 6 N–H and O–H groups in total. The van der Waals surface area contributed by atoms with Gasteiger partial charge in [0.1, 0.15) is 5.75 Å². The largest absolute Gasteiger partial charge is 0.484 e. The predicted molar refractivity (Wildman–Crippen MR) is 96.8 cm³/mol. The highest BCUT2D eigenvalue weighted by molar-refractivity contribution is 5.98. The molecule has 2 aliphatic rings. The fourth-order valence-corrected chi connectivity index (χ4v) is 4.18. The summed E-state index contributed by atoms with van der Waals surface area (Å²) in [6.45, 7) is 1.15. The van der Waals surface area contributed by atoms with Crippen molar-refractivity contribution in [2.45, 2.75) is 5.92 Å². The van der Waals surface area contributed by atoms with Gasteiger partial charge < -0.3 is 15.8 Å². The summed E-state index contributed by atoms with van der Waals surface area (Å²) in [6.07, 6.45) is 1.98. The first-order valence-corrected chi connectivity index (χ1v) is 8.86. The van der Waals surface area contributed by atoms with Crippen LogP contribution in [0.4, 0.5) is 0 Å². The van der Waals surface area contributed by atoms with E-state index in [2.05, 4.69) is 23.5 Å². The van der Waals surface area contributed by atoms with Crippen LogP contribution in [0.1, 0.15) is 11.5 Å². The van der Waals surface area contributed by atoms with E-state index >= 15 is 0 Å². The number of nitriles is 3. The van der Waals surface area contributed by atoms with Gasteiger partial charge >= 0.3 is 0 Å². The van der Waals surface area contributed by atoms with Crippen molar-refractivity contribution in [3.8, 4) is 24.0 Å². The van der Waals surface area contributed by atoms with Gasteiger partial charge in [0.15, 0.2) is 12.5 Å². The summed E-state index contributed by atoms with van der Waals surface area (Å²) in [4.78, 5) is 10.9. The Bertz CT molecular complexity index is 946. The molecule has 0 saturated heterocycles. The Hall–Kier alpha value is -3.67. The van der Waals surface area contributed by atoms with Gasteiger partial charge in [-0.15, -0.1) is 0 Å². The Kier molecular flexibility index (Phi) is 5.13. The lowest BCUT2D eigenvalue weighted by molar-refractivity contribution is -0.654. The minimum Gasteiger partial charge on any atom is -0.484 e. The van der Waals surface area contributed by atoms with E-state index in [1.165, 1.54) is 0 Å². The van der Waals surface area contributed by atoms with Gasteiger partial charge in [0.05, 0.1) is 31.3 Å². The van der Waals surface area contributed by atoms with Crippen LogP contribution in [0.2, 0.25) is 0 Å². The maximum Gasteiger partial charge on any atom is 0.255 e. The molecule has 0 aromatic heterocycles. The van der Waals surface area contributed by atoms with Crippen molar-refractivity contribution in [2.75, 3.05) is 19.7 Å². The van der Waals surface area contributed by atoms with E-state index in [-0.39, 0.29) is 18.2 Å². The number of carbonyl (C=O) groups excluding carboxylic acids is 1. The zero-order valence-electron chi connectivity index (χ0n) is 15.1. The Morgan fingerprint density at radius 1 is 1.29 bits per heavy atom. The average Bonchev–Trinajstić information content (AvgIpc) is 2.72. The fourth-order valence-electron chi connectivity index (χ4n) is 4.18. The van der Waals surface area contributed by atoms with Gasteiger partial charge in [-0.3, -0.25) is 10.2 Å². The van der Waals surface area contributed by atoms with E-state index in [1.54, 1.807) is 24.3 Å². The number of primary amides is 1. The van der Waals surface area contributed by atoms with Gasteiger partial charge in [0, 0.05) is 11.8 Å². The van der Waals surface area contributed by atoms with Gasteiger partial charge in [-0.05, 0) is 29.3 Å². The van der Waals surface area contributed by atoms with Gasteiger partial charge in [-0.2, -0.15) is 15.8 Å². The minimum atomic E-state index is -1.61. The molecule has 8 heteroatoms. The van der Waals surface area contributed by atoms with Crippen molar-refractivity contribution in [3.05, 3.63) is 41.5 Å². The van der Waals surface area contributed by atoms with Crippen LogP contribution < -0.4 is 21.2 Å². The summed E-state index contributed by atoms with van der Waals surface area (Å²) >= 11 is 0. The van der Waals surface area contributed by atoms with Crippen LogP contribution in [0.5, 0.6) is 5.75 Å². The van der Waals surface area contributed by atoms with Gasteiger partial charge in [0.25, 0.3) is 5.91 Å². The lowest BCUT2D eigenvalue weighted by atomic mass is 9.54. The van der Waals surface area contributed by atoms with Crippen LogP contribution in [-0.4, -0.2) is 31.3 Å². The van der Waals surface area contributed by atoms with Gasteiger partial charge in [-0.25, -0.2) is 0 Å². The number of nitrogens with two attached hydrogens (primary N) is 3. The maximum atomic E-state index is 10.9. The summed E-state index contributed by atoms with van der Waals surface area (Å²) in [7, 11) is 0. The van der Waals surface area contributed by atoms with Crippen LogP contribution in [0.15, 0.2) is 35.9 Å². The molecule has 0 spiro atoms. The molecule has 0 unspecified atom stereocenters. The molecule has 0 radical (unpaired) electrons. The van der Waals surface area contributed by atoms with E-state index in [9.17, 15) is 20.6 Å². The number of fused-ring (bicyclic) bond motifs is 1. The van der Waals surface area contributed by atoms with Crippen molar-refractivity contribution < 1.29 is 20.3 Å². The molecule has 1 aromatic carbocycles. The molecule has 1 saturated carbocycles. The summed E-state index contributed by atoms with van der Waals surface area (Å²) in [5.74, 6) is -1.55. The molecule has 1 aromatic rings. The molecule has 28 heavy (non-hydrogen) atoms. The molecule has 8 nitrogen and oxygen atoms in total. The van der Waals surface area contributed by atoms with Gasteiger partial charge in [-0.1, -0.05) is 12.1 Å². The van der Waals surface area contributed by atoms with E-state index in [4.69, 9.17) is 15.9 Å². The normalized spacial score (nSPS) is 25.2. The lowest BCUT2D eigenvalue weighted by Crippen LogP contribution is -2.87. The predicted octanol–water partition coefficient (Wildman–Crippen LogP) is -1.86. The van der Waals surface area contributed by atoms with E-state index < -0.39 is 23.2 Å². The lowest BCUT2D eigenvalue weighted by Gasteiger charge is -2.42. The van der Waals surface area contributed by atoms with Gasteiger partial charge in [0.2, 0.25) is 11.1 Å². The van der Waals surface area contributed by atoms with Crippen LogP contribution in [-0.2, 0) is 4.79 Å². The molecule has 0 bridgehead atoms. The highest BCUT2D eigenvalue weighted by Crippen LogP contribution is 2.51. The summed E-state index contributed by atoms with van der Waals surface area (Å²) in [5, 5.41) is 37.9. The highest BCUT2D eigenvalue weighted by Gasteiger charge is 2.61. The second-order valence-electron chi connectivity index (χ2n) is 6.92. The zero-order valence-corrected chi connectivity index (χ0v) is 15.1. The van der Waals surface area contributed by atoms with Crippen molar-refractivity contribution >= 4 is 11.6 Å². The van der Waals surface area contributed by atoms with Crippen molar-refractivity contribution in [3.63, 3.8) is 0 Å². The van der Waals surface area contributed by atoms with E-state index in [0.29, 0.717) is 12.3 Å². The molecule has 1 fully saturated rings. The number of ether oxygens (including phenoxy) is 1. The molecule has 1 aliphatic carbocycles. The quantitative estimate of drug-likeness (QED) is 0.523. The Balaban J connectivity index is 2.07. The molecular formula is C20H20N6O2+2. The molecule has 140 valence electrons. The van der Waals surface area contributed by atoms with Crippen molar-refractivity contribution in [1.82, 2.24) is 0 Å². The van der Waals surface area contributed by atoms with E-state index in [1.807, 2.05) is 6.08 Å². The fraction of sp³-hybridized carbons (Fsp3) is 0.350. The Morgan fingerprint density at radius 2 is 1.96 bits per heavy atom. The minimum absolute atomic E-state index is 0.0865. The molecule has 1 amide bonds. The second kappa shape index (κ2) is 7.52. The van der Waals surface area contributed by atoms with Crippen LogP contribution in [0.3, 0.4) is 0 Å².